The molecule has 1 aromatic heterocycles. The van der Waals surface area contributed by atoms with Crippen molar-refractivity contribution in [1.82, 2.24) is 14.9 Å². The minimum Gasteiger partial charge on any atom is -0.494 e. The van der Waals surface area contributed by atoms with Gasteiger partial charge in [0, 0.05) is 24.5 Å². The Kier molecular flexibility index (Phi) is 6.93. The largest absolute Gasteiger partial charge is 0.494 e. The van der Waals surface area contributed by atoms with Crippen molar-refractivity contribution >= 4 is 5.91 Å². The maximum Gasteiger partial charge on any atom is 0.220 e. The number of imidazole rings is 1. The zero-order valence-electron chi connectivity index (χ0n) is 18.3. The lowest BCUT2D eigenvalue weighted by Gasteiger charge is -2.19. The molecule has 3 aromatic rings. The predicted octanol–water partition coefficient (Wildman–Crippen LogP) is 5.21. The Morgan fingerprint density at radius 3 is 2.40 bits per heavy atom. The average Bonchev–Trinajstić information content (AvgIpc) is 3.26. The Labute approximate surface area is 179 Å². The number of benzene rings is 2. The Hall–Kier alpha value is -3.08. The van der Waals surface area contributed by atoms with E-state index in [4.69, 9.17) is 4.74 Å². The van der Waals surface area contributed by atoms with Crippen LogP contribution >= 0.6 is 0 Å². The highest BCUT2D eigenvalue weighted by Gasteiger charge is 2.13. The van der Waals surface area contributed by atoms with E-state index in [0.717, 1.165) is 17.0 Å². The van der Waals surface area contributed by atoms with E-state index in [1.165, 1.54) is 5.56 Å². The van der Waals surface area contributed by atoms with Crippen LogP contribution in [0, 0.1) is 0 Å². The fraction of sp³-hybridized carbons (Fsp3) is 0.360. The van der Waals surface area contributed by atoms with Crippen LogP contribution in [0.4, 0.5) is 0 Å². The first kappa shape index (κ1) is 21.6. The van der Waals surface area contributed by atoms with Gasteiger partial charge in [-0.05, 0) is 54.2 Å². The summed E-state index contributed by atoms with van der Waals surface area (Å²) < 4.78 is 7.72. The molecule has 0 aliphatic carbocycles. The SMILES string of the molecule is C[C@H](NC(=O)CCCOc1ccc(C(C)(C)C)cc1)c1ccc(-n2ccnc2)cc1. The van der Waals surface area contributed by atoms with Gasteiger partial charge < -0.3 is 14.6 Å². The molecule has 0 saturated heterocycles. The summed E-state index contributed by atoms with van der Waals surface area (Å²) in [6, 6.07) is 16.3. The molecule has 0 radical (unpaired) electrons. The summed E-state index contributed by atoms with van der Waals surface area (Å²) in [6.07, 6.45) is 6.54. The molecule has 0 fully saturated rings. The summed E-state index contributed by atoms with van der Waals surface area (Å²) >= 11 is 0. The Balaban J connectivity index is 1.40. The molecule has 0 unspecified atom stereocenters. The Bertz CT molecular complexity index is 924. The summed E-state index contributed by atoms with van der Waals surface area (Å²) in [5, 5.41) is 3.06. The van der Waals surface area contributed by atoms with E-state index in [2.05, 4.69) is 43.2 Å². The number of ether oxygens (including phenoxy) is 1. The highest BCUT2D eigenvalue weighted by molar-refractivity contribution is 5.76. The molecule has 5 nitrogen and oxygen atoms in total. The summed E-state index contributed by atoms with van der Waals surface area (Å²) in [5.74, 6) is 0.877. The van der Waals surface area contributed by atoms with Gasteiger partial charge in [-0.2, -0.15) is 0 Å². The minimum absolute atomic E-state index is 0.0351. The zero-order valence-corrected chi connectivity index (χ0v) is 18.3. The molecule has 0 aliphatic heterocycles. The van der Waals surface area contributed by atoms with Crippen LogP contribution in [0.3, 0.4) is 0 Å². The molecule has 3 rings (SSSR count). The number of carbonyl (C=O) groups excluding carboxylic acids is 1. The smallest absolute Gasteiger partial charge is 0.220 e. The van der Waals surface area contributed by atoms with Gasteiger partial charge in [-0.1, -0.05) is 45.0 Å². The molecular weight excluding hydrogens is 374 g/mol. The van der Waals surface area contributed by atoms with Gasteiger partial charge in [0.25, 0.3) is 0 Å². The van der Waals surface area contributed by atoms with Crippen LogP contribution in [0.2, 0.25) is 0 Å². The summed E-state index contributed by atoms with van der Waals surface area (Å²) in [5.41, 5.74) is 3.53. The van der Waals surface area contributed by atoms with Gasteiger partial charge in [0.05, 0.1) is 19.0 Å². The van der Waals surface area contributed by atoms with E-state index in [-0.39, 0.29) is 17.4 Å². The molecule has 1 heterocycles. The second-order valence-electron chi connectivity index (χ2n) is 8.58. The number of rotatable bonds is 8. The van der Waals surface area contributed by atoms with Crippen LogP contribution in [0.15, 0.2) is 67.3 Å². The van der Waals surface area contributed by atoms with Crippen molar-refractivity contribution in [3.63, 3.8) is 0 Å². The number of hydrogen-bond acceptors (Lipinski definition) is 3. The standard InChI is InChI=1S/C25H31N3O2/c1-19(20-7-11-22(12-8-20)28-16-15-26-18-28)27-24(29)6-5-17-30-23-13-9-21(10-14-23)25(2,3)4/h7-16,18-19H,5-6,17H2,1-4H3,(H,27,29)/t19-/m0/s1. The molecule has 5 heteroatoms. The highest BCUT2D eigenvalue weighted by atomic mass is 16.5. The van der Waals surface area contributed by atoms with Crippen molar-refractivity contribution < 1.29 is 9.53 Å². The van der Waals surface area contributed by atoms with Gasteiger partial charge in [-0.25, -0.2) is 4.98 Å². The van der Waals surface area contributed by atoms with Crippen LogP contribution < -0.4 is 10.1 Å². The van der Waals surface area contributed by atoms with Gasteiger partial charge in [0.2, 0.25) is 5.91 Å². The molecule has 0 bridgehead atoms. The Morgan fingerprint density at radius 1 is 1.10 bits per heavy atom. The molecule has 1 atom stereocenters. The third kappa shape index (κ3) is 5.96. The number of carbonyl (C=O) groups is 1. The lowest BCUT2D eigenvalue weighted by Crippen LogP contribution is -2.26. The number of hydrogen-bond donors (Lipinski definition) is 1. The maximum absolute atomic E-state index is 12.3. The van der Waals surface area contributed by atoms with E-state index in [9.17, 15) is 4.79 Å². The van der Waals surface area contributed by atoms with Gasteiger partial charge in [-0.3, -0.25) is 4.79 Å². The van der Waals surface area contributed by atoms with Crippen molar-refractivity contribution in [3.8, 4) is 11.4 Å². The normalized spacial score (nSPS) is 12.4. The van der Waals surface area contributed by atoms with Crippen molar-refractivity contribution in [3.05, 3.63) is 78.4 Å². The monoisotopic (exact) mass is 405 g/mol. The lowest BCUT2D eigenvalue weighted by atomic mass is 9.87. The predicted molar refractivity (Wildman–Crippen MR) is 120 cm³/mol. The third-order valence-corrected chi connectivity index (χ3v) is 5.11. The highest BCUT2D eigenvalue weighted by Crippen LogP contribution is 2.24. The first-order valence-corrected chi connectivity index (χ1v) is 10.4. The van der Waals surface area contributed by atoms with Crippen molar-refractivity contribution in [2.45, 2.75) is 52.0 Å². The van der Waals surface area contributed by atoms with Crippen LogP contribution in [-0.2, 0) is 10.2 Å². The van der Waals surface area contributed by atoms with Crippen molar-refractivity contribution in [2.75, 3.05) is 6.61 Å². The van der Waals surface area contributed by atoms with Crippen molar-refractivity contribution in [1.29, 1.82) is 0 Å². The first-order chi connectivity index (χ1) is 14.3. The molecule has 1 amide bonds. The number of nitrogens with zero attached hydrogens (tertiary/aromatic N) is 2. The van der Waals surface area contributed by atoms with E-state index >= 15 is 0 Å². The molecule has 1 N–H and O–H groups in total. The fourth-order valence-corrected chi connectivity index (χ4v) is 3.22. The quantitative estimate of drug-likeness (QED) is 0.524. The van der Waals surface area contributed by atoms with Gasteiger partial charge in [0.1, 0.15) is 5.75 Å². The van der Waals surface area contributed by atoms with E-state index in [1.807, 2.05) is 54.1 Å². The number of aromatic nitrogens is 2. The molecule has 158 valence electrons. The molecule has 2 aromatic carbocycles. The van der Waals surface area contributed by atoms with Crippen LogP contribution in [0.1, 0.15) is 57.7 Å². The summed E-state index contributed by atoms with van der Waals surface area (Å²) in [7, 11) is 0. The van der Waals surface area contributed by atoms with Gasteiger partial charge in [0.15, 0.2) is 0 Å². The van der Waals surface area contributed by atoms with Gasteiger partial charge in [-0.15, -0.1) is 0 Å². The average molecular weight is 406 g/mol. The second kappa shape index (κ2) is 9.61. The first-order valence-electron chi connectivity index (χ1n) is 10.4. The molecule has 30 heavy (non-hydrogen) atoms. The molecule has 0 spiro atoms. The summed E-state index contributed by atoms with van der Waals surface area (Å²) in [4.78, 5) is 16.3. The minimum atomic E-state index is -0.0415. The topological polar surface area (TPSA) is 56.1 Å². The van der Waals surface area contributed by atoms with E-state index in [0.29, 0.717) is 19.4 Å². The van der Waals surface area contributed by atoms with Crippen LogP contribution in [0.5, 0.6) is 5.75 Å². The maximum atomic E-state index is 12.3. The third-order valence-electron chi connectivity index (χ3n) is 5.11. The number of amides is 1. The molecule has 0 aliphatic rings. The number of nitrogens with one attached hydrogen (secondary N) is 1. The van der Waals surface area contributed by atoms with E-state index < -0.39 is 0 Å². The zero-order chi connectivity index (χ0) is 21.6. The van der Waals surface area contributed by atoms with Gasteiger partial charge >= 0.3 is 0 Å². The van der Waals surface area contributed by atoms with Crippen LogP contribution in [0.25, 0.3) is 5.69 Å². The lowest BCUT2D eigenvalue weighted by molar-refractivity contribution is -0.121. The Morgan fingerprint density at radius 2 is 1.80 bits per heavy atom. The molecule has 0 saturated carbocycles. The van der Waals surface area contributed by atoms with Crippen molar-refractivity contribution in [2.24, 2.45) is 0 Å². The summed E-state index contributed by atoms with van der Waals surface area (Å²) in [6.45, 7) is 9.09. The fourth-order valence-electron chi connectivity index (χ4n) is 3.22. The van der Waals surface area contributed by atoms with Crippen LogP contribution in [-0.4, -0.2) is 22.1 Å². The van der Waals surface area contributed by atoms with E-state index in [1.54, 1.807) is 12.5 Å². The molecular formula is C25H31N3O2. The second-order valence-corrected chi connectivity index (χ2v) is 8.58.